The first-order valence-corrected chi connectivity index (χ1v) is 4.16. The number of rotatable bonds is 1. The average molecular weight is 151 g/mol. The van der Waals surface area contributed by atoms with Gasteiger partial charge in [0.2, 0.25) is 0 Å². The molecule has 0 saturated carbocycles. The Balaban J connectivity index is 2.38. The zero-order valence-corrected chi connectivity index (χ0v) is 6.80. The van der Waals surface area contributed by atoms with Crippen molar-refractivity contribution in [3.63, 3.8) is 0 Å². The highest BCUT2D eigenvalue weighted by Gasteiger charge is 2.12. The summed E-state index contributed by atoms with van der Waals surface area (Å²) in [6, 6.07) is 0. The Labute approximate surface area is 66.4 Å². The average Bonchev–Trinajstić information content (AvgIpc) is 2.47. The molecule has 0 bridgehead atoms. The Bertz CT molecular complexity index is 238. The topological polar surface area (TPSA) is 29.9 Å². The van der Waals surface area contributed by atoms with E-state index in [1.165, 1.54) is 11.3 Å². The summed E-state index contributed by atoms with van der Waals surface area (Å²) >= 11 is 0. The van der Waals surface area contributed by atoms with Crippen LogP contribution in [0.2, 0.25) is 0 Å². The minimum absolute atomic E-state index is 0.995. The normalized spacial score (nSPS) is 16.5. The van der Waals surface area contributed by atoms with Crippen molar-refractivity contribution >= 4 is 0 Å². The maximum atomic E-state index is 4.29. The summed E-state index contributed by atoms with van der Waals surface area (Å²) in [4.78, 5) is 0. The van der Waals surface area contributed by atoms with Gasteiger partial charge in [-0.15, -0.1) is 0 Å². The largest absolute Gasteiger partial charge is 0.312 e. The zero-order valence-electron chi connectivity index (χ0n) is 6.80. The van der Waals surface area contributed by atoms with E-state index in [0.29, 0.717) is 0 Å². The Morgan fingerprint density at radius 2 is 2.64 bits per heavy atom. The van der Waals surface area contributed by atoms with Gasteiger partial charge in [-0.2, -0.15) is 5.10 Å². The quantitative estimate of drug-likeness (QED) is 0.635. The molecular formula is C8H13N3. The molecule has 1 aliphatic rings. The lowest BCUT2D eigenvalue weighted by Gasteiger charge is -2.13. The van der Waals surface area contributed by atoms with Crippen LogP contribution in [0.15, 0.2) is 6.20 Å². The summed E-state index contributed by atoms with van der Waals surface area (Å²) in [6.07, 6.45) is 3.11. The van der Waals surface area contributed by atoms with Crippen LogP contribution < -0.4 is 5.32 Å². The maximum absolute atomic E-state index is 4.29. The lowest BCUT2D eigenvalue weighted by atomic mass is 10.1. The second-order valence-electron chi connectivity index (χ2n) is 2.86. The minimum Gasteiger partial charge on any atom is -0.312 e. The molecule has 2 heterocycles. The fourth-order valence-corrected chi connectivity index (χ4v) is 1.59. The molecule has 0 atom stereocenters. The lowest BCUT2D eigenvalue weighted by Crippen LogP contribution is -2.24. The van der Waals surface area contributed by atoms with Crippen LogP contribution in [0.1, 0.15) is 18.2 Å². The molecule has 1 N–H and O–H groups in total. The van der Waals surface area contributed by atoms with E-state index in [4.69, 9.17) is 0 Å². The summed E-state index contributed by atoms with van der Waals surface area (Å²) in [5.74, 6) is 0. The van der Waals surface area contributed by atoms with E-state index in [2.05, 4.69) is 22.0 Å². The highest BCUT2D eigenvalue weighted by molar-refractivity contribution is 5.20. The molecule has 0 radical (unpaired) electrons. The number of aryl methyl sites for hydroxylation is 1. The van der Waals surface area contributed by atoms with Crippen LogP contribution in [0.25, 0.3) is 0 Å². The molecule has 1 aromatic heterocycles. The summed E-state index contributed by atoms with van der Waals surface area (Å²) in [5.41, 5.74) is 2.80. The summed E-state index contributed by atoms with van der Waals surface area (Å²) in [5, 5.41) is 7.62. The summed E-state index contributed by atoms with van der Waals surface area (Å²) in [6.45, 7) is 5.22. The van der Waals surface area contributed by atoms with E-state index in [1.807, 2.05) is 6.20 Å². The predicted molar refractivity (Wildman–Crippen MR) is 43.3 cm³/mol. The van der Waals surface area contributed by atoms with Crippen molar-refractivity contribution in [1.29, 1.82) is 0 Å². The number of nitrogens with zero attached hydrogens (tertiary/aromatic N) is 2. The lowest BCUT2D eigenvalue weighted by molar-refractivity contribution is 0.571. The van der Waals surface area contributed by atoms with Crippen molar-refractivity contribution < 1.29 is 0 Å². The first-order chi connectivity index (χ1) is 5.42. The Kier molecular flexibility index (Phi) is 1.66. The second-order valence-corrected chi connectivity index (χ2v) is 2.86. The van der Waals surface area contributed by atoms with Gasteiger partial charge in [-0.25, -0.2) is 0 Å². The van der Waals surface area contributed by atoms with Crippen LogP contribution in [0.3, 0.4) is 0 Å². The summed E-state index contributed by atoms with van der Waals surface area (Å²) < 4.78 is 2.09. The third kappa shape index (κ3) is 1.05. The van der Waals surface area contributed by atoms with Gasteiger partial charge in [0, 0.05) is 37.3 Å². The molecule has 60 valence electrons. The van der Waals surface area contributed by atoms with Crippen molar-refractivity contribution in [2.24, 2.45) is 0 Å². The molecule has 0 saturated heterocycles. The van der Waals surface area contributed by atoms with E-state index in [9.17, 15) is 0 Å². The monoisotopic (exact) mass is 151 g/mol. The molecular weight excluding hydrogens is 138 g/mol. The van der Waals surface area contributed by atoms with Crippen molar-refractivity contribution in [2.75, 3.05) is 6.54 Å². The smallest absolute Gasteiger partial charge is 0.0537 e. The summed E-state index contributed by atoms with van der Waals surface area (Å²) in [7, 11) is 0. The minimum atomic E-state index is 0.995. The van der Waals surface area contributed by atoms with Crippen molar-refractivity contribution in [3.05, 3.63) is 17.5 Å². The molecule has 1 aromatic rings. The van der Waals surface area contributed by atoms with Crippen molar-refractivity contribution in [2.45, 2.75) is 26.4 Å². The van der Waals surface area contributed by atoms with Crippen LogP contribution in [-0.4, -0.2) is 16.3 Å². The van der Waals surface area contributed by atoms with Gasteiger partial charge in [0.25, 0.3) is 0 Å². The number of hydrogen-bond donors (Lipinski definition) is 1. The van der Waals surface area contributed by atoms with Crippen molar-refractivity contribution in [1.82, 2.24) is 15.1 Å². The Morgan fingerprint density at radius 3 is 3.45 bits per heavy atom. The standard InChI is InChI=1S/C8H13N3/c1-2-11-8-3-4-9-5-7(8)6-10-11/h6,9H,2-5H2,1H3. The first-order valence-electron chi connectivity index (χ1n) is 4.16. The molecule has 0 amide bonds. The van der Waals surface area contributed by atoms with Gasteiger partial charge in [-0.05, 0) is 6.92 Å². The SMILES string of the molecule is CCn1ncc2c1CCNC2. The fraction of sp³-hybridized carbons (Fsp3) is 0.625. The Hall–Kier alpha value is -0.830. The third-order valence-corrected chi connectivity index (χ3v) is 2.19. The van der Waals surface area contributed by atoms with E-state index in [1.54, 1.807) is 0 Å². The van der Waals surface area contributed by atoms with Gasteiger partial charge in [0.1, 0.15) is 0 Å². The molecule has 2 rings (SSSR count). The molecule has 0 unspecified atom stereocenters. The van der Waals surface area contributed by atoms with Crippen LogP contribution in [0, 0.1) is 0 Å². The van der Waals surface area contributed by atoms with E-state index in [-0.39, 0.29) is 0 Å². The van der Waals surface area contributed by atoms with E-state index >= 15 is 0 Å². The zero-order chi connectivity index (χ0) is 7.68. The first kappa shape index (κ1) is 6.85. The van der Waals surface area contributed by atoms with Gasteiger partial charge in [-0.3, -0.25) is 4.68 Å². The third-order valence-electron chi connectivity index (χ3n) is 2.19. The molecule has 1 aliphatic heterocycles. The van der Waals surface area contributed by atoms with Gasteiger partial charge < -0.3 is 5.32 Å². The van der Waals surface area contributed by atoms with E-state index in [0.717, 1.165) is 26.1 Å². The molecule has 0 aromatic carbocycles. The number of hydrogen-bond acceptors (Lipinski definition) is 2. The van der Waals surface area contributed by atoms with Crippen LogP contribution >= 0.6 is 0 Å². The van der Waals surface area contributed by atoms with Gasteiger partial charge in [-0.1, -0.05) is 0 Å². The van der Waals surface area contributed by atoms with Crippen LogP contribution in [0.4, 0.5) is 0 Å². The maximum Gasteiger partial charge on any atom is 0.0537 e. The van der Waals surface area contributed by atoms with Gasteiger partial charge in [0.05, 0.1) is 6.20 Å². The number of fused-ring (bicyclic) bond motifs is 1. The predicted octanol–water partition coefficient (Wildman–Crippen LogP) is 0.549. The van der Waals surface area contributed by atoms with E-state index < -0.39 is 0 Å². The molecule has 0 fully saturated rings. The highest BCUT2D eigenvalue weighted by atomic mass is 15.3. The molecule has 11 heavy (non-hydrogen) atoms. The molecule has 3 nitrogen and oxygen atoms in total. The molecule has 0 spiro atoms. The van der Waals surface area contributed by atoms with Gasteiger partial charge >= 0.3 is 0 Å². The number of aromatic nitrogens is 2. The fourth-order valence-electron chi connectivity index (χ4n) is 1.59. The second kappa shape index (κ2) is 2.66. The highest BCUT2D eigenvalue weighted by Crippen LogP contribution is 2.12. The van der Waals surface area contributed by atoms with Crippen LogP contribution in [-0.2, 0) is 19.5 Å². The molecule has 3 heteroatoms. The van der Waals surface area contributed by atoms with Crippen molar-refractivity contribution in [3.8, 4) is 0 Å². The number of nitrogens with one attached hydrogen (secondary N) is 1. The Morgan fingerprint density at radius 1 is 1.73 bits per heavy atom. The van der Waals surface area contributed by atoms with Crippen LogP contribution in [0.5, 0.6) is 0 Å². The molecule has 0 aliphatic carbocycles. The van der Waals surface area contributed by atoms with Gasteiger partial charge in [0.15, 0.2) is 0 Å².